The molecule has 0 aromatic rings. The Bertz CT molecular complexity index is 41.5. The number of hydrogen-bond donors (Lipinski definition) is 2. The molecule has 0 amide bonds. The molecule has 0 saturated heterocycles. The third-order valence-electron chi connectivity index (χ3n) is 0. The van der Waals surface area contributed by atoms with Crippen molar-refractivity contribution in [1.29, 1.82) is 0 Å². The average Bonchev–Trinajstić information content (AvgIpc) is 0.811. The van der Waals surface area contributed by atoms with Gasteiger partial charge in [0.15, 0.2) is 0 Å². The Morgan fingerprint density at radius 3 is 1.43 bits per heavy atom. The van der Waals surface area contributed by atoms with Crippen LogP contribution in [0, 0.1) is 0 Å². The molecule has 0 spiro atoms. The Balaban J connectivity index is -0.00000000450. The van der Waals surface area contributed by atoms with Crippen LogP contribution in [0.1, 0.15) is 2.85 Å². The van der Waals surface area contributed by atoms with Crippen LogP contribution in [0.4, 0.5) is 4.79 Å². The van der Waals surface area contributed by atoms with Crippen molar-refractivity contribution in [2.24, 2.45) is 0 Å². The summed E-state index contributed by atoms with van der Waals surface area (Å²) >= 11 is 0. The van der Waals surface area contributed by atoms with Crippen molar-refractivity contribution in [3.8, 4) is 0 Å². The summed E-state index contributed by atoms with van der Waals surface area (Å²) in [4.78, 5) is 8.56. The minimum Gasteiger partial charge on any atom is -1.00 e. The van der Waals surface area contributed by atoms with Crippen LogP contribution in [0.2, 0.25) is 0 Å². The molecule has 44 valence electrons. The second-order valence-electron chi connectivity index (χ2n) is 0.283. The van der Waals surface area contributed by atoms with Crippen molar-refractivity contribution in [3.63, 3.8) is 0 Å². The first-order chi connectivity index (χ1) is 1.73. The molecular weight excluding hydrogens is 340 g/mol. The van der Waals surface area contributed by atoms with Crippen LogP contribution >= 0.6 is 24.0 Å². The van der Waals surface area contributed by atoms with Gasteiger partial charge in [-0.05, 0) is 0 Å². The summed E-state index contributed by atoms with van der Waals surface area (Å²) in [5.74, 6) is 0. The van der Waals surface area contributed by atoms with Gasteiger partial charge >= 0.3 is 55.0 Å². The Morgan fingerprint density at radius 2 is 1.43 bits per heavy atom. The molecule has 6 heteroatoms. The third-order valence-corrected chi connectivity index (χ3v) is 0. The molecular formula is CH7BaIO4. The summed E-state index contributed by atoms with van der Waals surface area (Å²) in [5.41, 5.74) is 0. The standard InChI is InChI=1S/CH2O3.Ba.HI.H2O.2H/c2-1(3)4;;;;;/h(H2,2,3,4);;1H;1H2;;/q;+2;;;2*-1. The zero-order valence-electron chi connectivity index (χ0n) is 5.42. The monoisotopic (exact) mass is 348 g/mol. The molecule has 0 radical (unpaired) electrons. The van der Waals surface area contributed by atoms with Crippen molar-refractivity contribution in [2.45, 2.75) is 0 Å². The number of carbonyl (C=O) groups is 1. The van der Waals surface area contributed by atoms with E-state index < -0.39 is 6.16 Å². The van der Waals surface area contributed by atoms with Gasteiger partial charge < -0.3 is 18.5 Å². The summed E-state index contributed by atoms with van der Waals surface area (Å²) in [6, 6.07) is 0. The van der Waals surface area contributed by atoms with Gasteiger partial charge in [-0.25, -0.2) is 4.79 Å². The van der Waals surface area contributed by atoms with Gasteiger partial charge in [0, 0.05) is 0 Å². The number of halogens is 1. The van der Waals surface area contributed by atoms with Crippen LogP contribution in [0.3, 0.4) is 0 Å². The van der Waals surface area contributed by atoms with Gasteiger partial charge in [-0.15, -0.1) is 24.0 Å². The van der Waals surface area contributed by atoms with Crippen molar-refractivity contribution >= 4 is 79.0 Å². The van der Waals surface area contributed by atoms with E-state index in [9.17, 15) is 0 Å². The Labute approximate surface area is 101 Å². The van der Waals surface area contributed by atoms with Crippen LogP contribution < -0.4 is 0 Å². The molecule has 0 aromatic heterocycles. The topological polar surface area (TPSA) is 89.0 Å². The SMILES string of the molecule is I.O.O=C(O)O.[Ba+2].[H-].[H-]. The Morgan fingerprint density at radius 1 is 1.43 bits per heavy atom. The molecule has 0 bridgehead atoms. The van der Waals surface area contributed by atoms with Crippen molar-refractivity contribution in [3.05, 3.63) is 0 Å². The van der Waals surface area contributed by atoms with Crippen LogP contribution in [0.25, 0.3) is 0 Å². The summed E-state index contributed by atoms with van der Waals surface area (Å²) in [6.07, 6.45) is -1.83. The molecule has 0 aromatic carbocycles. The molecule has 0 fully saturated rings. The van der Waals surface area contributed by atoms with E-state index in [1.54, 1.807) is 0 Å². The average molecular weight is 347 g/mol. The zero-order valence-corrected chi connectivity index (χ0v) is 10.2. The van der Waals surface area contributed by atoms with Crippen molar-refractivity contribution in [2.75, 3.05) is 0 Å². The Hall–Kier alpha value is 1.53. The van der Waals surface area contributed by atoms with E-state index in [0.29, 0.717) is 0 Å². The van der Waals surface area contributed by atoms with Gasteiger partial charge in [-0.2, -0.15) is 0 Å². The number of rotatable bonds is 0. The second kappa shape index (κ2) is 15.6. The number of carboxylic acid groups (broad SMARTS) is 2. The molecule has 7 heavy (non-hydrogen) atoms. The molecule has 0 unspecified atom stereocenters. The van der Waals surface area contributed by atoms with E-state index in [-0.39, 0.29) is 81.2 Å². The predicted molar refractivity (Wildman–Crippen MR) is 37.7 cm³/mol. The van der Waals surface area contributed by atoms with E-state index in [2.05, 4.69) is 0 Å². The predicted octanol–water partition coefficient (Wildman–Crippen LogP) is -0.140. The van der Waals surface area contributed by atoms with Gasteiger partial charge in [-0.3, -0.25) is 0 Å². The first-order valence-corrected chi connectivity index (χ1v) is 0.651. The summed E-state index contributed by atoms with van der Waals surface area (Å²) in [5, 5.41) is 13.9. The van der Waals surface area contributed by atoms with Crippen molar-refractivity contribution in [1.82, 2.24) is 0 Å². The van der Waals surface area contributed by atoms with E-state index in [4.69, 9.17) is 15.0 Å². The van der Waals surface area contributed by atoms with E-state index >= 15 is 0 Å². The minimum atomic E-state index is -1.83. The van der Waals surface area contributed by atoms with Gasteiger partial charge in [0.05, 0.1) is 0 Å². The molecule has 0 atom stereocenters. The van der Waals surface area contributed by atoms with Crippen molar-refractivity contribution < 1.29 is 23.3 Å². The van der Waals surface area contributed by atoms with E-state index in [1.807, 2.05) is 0 Å². The molecule has 4 nitrogen and oxygen atoms in total. The van der Waals surface area contributed by atoms with E-state index in [1.165, 1.54) is 0 Å². The summed E-state index contributed by atoms with van der Waals surface area (Å²) in [6.45, 7) is 0. The Kier molecular flexibility index (Phi) is 52.7. The first kappa shape index (κ1) is 23.6. The largest absolute Gasteiger partial charge is 2.00 e. The van der Waals surface area contributed by atoms with Gasteiger partial charge in [0.1, 0.15) is 0 Å². The molecule has 0 heterocycles. The number of hydrogen-bond acceptors (Lipinski definition) is 1. The second-order valence-corrected chi connectivity index (χ2v) is 0.283. The van der Waals surface area contributed by atoms with E-state index in [0.717, 1.165) is 0 Å². The molecule has 0 rings (SSSR count). The fraction of sp³-hybridized carbons (Fsp3) is 0. The van der Waals surface area contributed by atoms with Gasteiger partial charge in [0.25, 0.3) is 0 Å². The van der Waals surface area contributed by atoms with Gasteiger partial charge in [-0.1, -0.05) is 0 Å². The quantitative estimate of drug-likeness (QED) is 0.472. The summed E-state index contributed by atoms with van der Waals surface area (Å²) < 4.78 is 0. The summed E-state index contributed by atoms with van der Waals surface area (Å²) in [7, 11) is 0. The maximum absolute atomic E-state index is 8.56. The first-order valence-electron chi connectivity index (χ1n) is 0.651. The molecule has 4 N–H and O–H groups in total. The molecule has 0 aliphatic carbocycles. The van der Waals surface area contributed by atoms with Crippen LogP contribution in [-0.2, 0) is 0 Å². The zero-order chi connectivity index (χ0) is 3.58. The van der Waals surface area contributed by atoms with Crippen LogP contribution in [0.15, 0.2) is 0 Å². The molecule has 0 saturated carbocycles. The minimum absolute atomic E-state index is 0. The van der Waals surface area contributed by atoms with Gasteiger partial charge in [0.2, 0.25) is 0 Å². The molecule has 0 aliphatic heterocycles. The fourth-order valence-corrected chi connectivity index (χ4v) is 0. The maximum Gasteiger partial charge on any atom is 2.00 e. The molecule has 0 aliphatic rings. The normalized spacial score (nSPS) is 3.43. The van der Waals surface area contributed by atoms with Crippen LogP contribution in [-0.4, -0.2) is 70.7 Å². The maximum atomic E-state index is 8.56. The third kappa shape index (κ3) is 98.3. The van der Waals surface area contributed by atoms with Crippen LogP contribution in [0.5, 0.6) is 0 Å². The smallest absolute Gasteiger partial charge is 1.00 e. The fourth-order valence-electron chi connectivity index (χ4n) is 0.